The molecular formula is C48H30N2. The minimum absolute atomic E-state index is 0.931. The molecule has 10 aromatic rings. The van der Waals surface area contributed by atoms with Crippen molar-refractivity contribution in [1.29, 1.82) is 0 Å². The average Bonchev–Trinajstić information content (AvgIpc) is 3.20. The van der Waals surface area contributed by atoms with E-state index in [-0.39, 0.29) is 0 Å². The second-order valence-corrected chi connectivity index (χ2v) is 13.0. The molecule has 0 aliphatic rings. The summed E-state index contributed by atoms with van der Waals surface area (Å²) >= 11 is 0. The van der Waals surface area contributed by atoms with E-state index in [1.54, 1.807) is 0 Å². The number of benzene rings is 8. The van der Waals surface area contributed by atoms with Crippen molar-refractivity contribution in [2.45, 2.75) is 0 Å². The molecule has 0 aliphatic carbocycles. The third kappa shape index (κ3) is 4.73. The quantitative estimate of drug-likeness (QED) is 0.180. The highest BCUT2D eigenvalue weighted by atomic mass is 14.7. The van der Waals surface area contributed by atoms with Gasteiger partial charge < -0.3 is 0 Å². The molecule has 2 nitrogen and oxygen atoms in total. The average molecular weight is 635 g/mol. The Balaban J connectivity index is 1.19. The lowest BCUT2D eigenvalue weighted by Gasteiger charge is -2.16. The van der Waals surface area contributed by atoms with Crippen LogP contribution in [0, 0.1) is 0 Å². The van der Waals surface area contributed by atoms with Gasteiger partial charge in [0.2, 0.25) is 0 Å². The molecule has 0 aliphatic heterocycles. The number of fused-ring (bicyclic) bond motifs is 7. The van der Waals surface area contributed by atoms with Crippen LogP contribution in [0.5, 0.6) is 0 Å². The van der Waals surface area contributed by atoms with Crippen LogP contribution < -0.4 is 0 Å². The number of hydrogen-bond acceptors (Lipinski definition) is 2. The van der Waals surface area contributed by atoms with Gasteiger partial charge in [0.1, 0.15) is 0 Å². The Morgan fingerprint density at radius 1 is 0.300 bits per heavy atom. The Morgan fingerprint density at radius 2 is 0.880 bits per heavy atom. The topological polar surface area (TPSA) is 25.8 Å². The van der Waals surface area contributed by atoms with Crippen LogP contribution in [0.25, 0.3) is 98.8 Å². The normalized spacial score (nSPS) is 11.6. The highest BCUT2D eigenvalue weighted by Gasteiger charge is 2.15. The molecule has 50 heavy (non-hydrogen) atoms. The third-order valence-corrected chi connectivity index (χ3v) is 10.0. The molecule has 0 N–H and O–H groups in total. The lowest BCUT2D eigenvalue weighted by Crippen LogP contribution is -1.91. The van der Waals surface area contributed by atoms with Crippen LogP contribution >= 0.6 is 0 Å². The summed E-state index contributed by atoms with van der Waals surface area (Å²) in [5.74, 6) is 0. The van der Waals surface area contributed by atoms with Gasteiger partial charge in [-0.1, -0.05) is 133 Å². The van der Waals surface area contributed by atoms with Crippen molar-refractivity contribution in [3.05, 3.63) is 182 Å². The Kier molecular flexibility index (Phi) is 6.53. The van der Waals surface area contributed by atoms with Crippen molar-refractivity contribution in [3.8, 4) is 44.6 Å². The molecule has 8 aromatic carbocycles. The molecule has 0 fully saturated rings. The lowest BCUT2D eigenvalue weighted by atomic mass is 9.87. The molecule has 2 heterocycles. The van der Waals surface area contributed by atoms with Gasteiger partial charge >= 0.3 is 0 Å². The second kappa shape index (κ2) is 11.5. The molecule has 10 rings (SSSR count). The molecule has 0 spiro atoms. The zero-order valence-electron chi connectivity index (χ0n) is 27.2. The summed E-state index contributed by atoms with van der Waals surface area (Å²) in [6.07, 6.45) is 1.84. The van der Waals surface area contributed by atoms with Gasteiger partial charge in [-0.05, 0) is 108 Å². The SMILES string of the molecule is c1ccc(-c2cc3ccccc3cc2-c2ccc3c(c2)c(-c2ccccc2)cc2cc(-c4ccc5ccc6cccnc6c5n4)ccc23)cc1. The van der Waals surface area contributed by atoms with Crippen molar-refractivity contribution in [2.24, 2.45) is 0 Å². The number of hydrogen-bond donors (Lipinski definition) is 0. The van der Waals surface area contributed by atoms with Crippen molar-refractivity contribution in [2.75, 3.05) is 0 Å². The highest BCUT2D eigenvalue weighted by Crippen LogP contribution is 2.41. The van der Waals surface area contributed by atoms with Gasteiger partial charge in [-0.15, -0.1) is 0 Å². The largest absolute Gasteiger partial charge is 0.254 e. The second-order valence-electron chi connectivity index (χ2n) is 13.0. The van der Waals surface area contributed by atoms with Crippen LogP contribution in [-0.4, -0.2) is 9.97 Å². The Labute approximate surface area is 290 Å². The zero-order valence-corrected chi connectivity index (χ0v) is 27.2. The summed E-state index contributed by atoms with van der Waals surface area (Å²) in [7, 11) is 0. The van der Waals surface area contributed by atoms with Gasteiger partial charge in [0, 0.05) is 22.5 Å². The first-order valence-electron chi connectivity index (χ1n) is 17.1. The van der Waals surface area contributed by atoms with Crippen LogP contribution in [0.2, 0.25) is 0 Å². The Bertz CT molecular complexity index is 2910. The molecule has 2 heteroatoms. The fourth-order valence-corrected chi connectivity index (χ4v) is 7.57. The first-order valence-corrected chi connectivity index (χ1v) is 17.1. The van der Waals surface area contributed by atoms with E-state index in [1.807, 2.05) is 12.3 Å². The summed E-state index contributed by atoms with van der Waals surface area (Å²) in [6, 6.07) is 63.5. The predicted octanol–water partition coefficient (Wildman–Crippen LogP) is 12.9. The minimum atomic E-state index is 0.931. The Hall–Kier alpha value is -6.64. The van der Waals surface area contributed by atoms with Crippen LogP contribution in [0.15, 0.2) is 182 Å². The summed E-state index contributed by atoms with van der Waals surface area (Å²) in [5, 5.41) is 9.57. The van der Waals surface area contributed by atoms with E-state index in [1.165, 1.54) is 65.7 Å². The maximum absolute atomic E-state index is 5.16. The summed E-state index contributed by atoms with van der Waals surface area (Å²) in [4.78, 5) is 9.84. The van der Waals surface area contributed by atoms with E-state index < -0.39 is 0 Å². The highest BCUT2D eigenvalue weighted by molar-refractivity contribution is 6.16. The van der Waals surface area contributed by atoms with Crippen LogP contribution in [0.4, 0.5) is 0 Å². The minimum Gasteiger partial charge on any atom is -0.254 e. The van der Waals surface area contributed by atoms with Crippen molar-refractivity contribution in [3.63, 3.8) is 0 Å². The molecule has 232 valence electrons. The van der Waals surface area contributed by atoms with E-state index in [2.05, 4.69) is 175 Å². The van der Waals surface area contributed by atoms with Crippen LogP contribution in [-0.2, 0) is 0 Å². The van der Waals surface area contributed by atoms with E-state index in [4.69, 9.17) is 4.98 Å². The predicted molar refractivity (Wildman–Crippen MR) is 211 cm³/mol. The molecule has 0 unspecified atom stereocenters. The van der Waals surface area contributed by atoms with E-state index >= 15 is 0 Å². The summed E-state index contributed by atoms with van der Waals surface area (Å²) in [5.41, 5.74) is 11.2. The van der Waals surface area contributed by atoms with Crippen molar-refractivity contribution >= 4 is 54.1 Å². The maximum atomic E-state index is 5.16. The van der Waals surface area contributed by atoms with Gasteiger partial charge in [0.05, 0.1) is 16.7 Å². The number of nitrogens with zero attached hydrogens (tertiary/aromatic N) is 2. The van der Waals surface area contributed by atoms with Gasteiger partial charge in [0.25, 0.3) is 0 Å². The molecule has 0 saturated carbocycles. The lowest BCUT2D eigenvalue weighted by molar-refractivity contribution is 1.37. The fourth-order valence-electron chi connectivity index (χ4n) is 7.57. The number of pyridine rings is 2. The maximum Gasteiger partial charge on any atom is 0.0972 e. The van der Waals surface area contributed by atoms with Gasteiger partial charge in [-0.2, -0.15) is 0 Å². The van der Waals surface area contributed by atoms with E-state index in [0.717, 1.165) is 33.1 Å². The first-order chi connectivity index (χ1) is 24.8. The molecule has 0 amide bonds. The molecule has 0 atom stereocenters. The summed E-state index contributed by atoms with van der Waals surface area (Å²) in [6.45, 7) is 0. The van der Waals surface area contributed by atoms with Crippen molar-refractivity contribution < 1.29 is 0 Å². The van der Waals surface area contributed by atoms with Crippen LogP contribution in [0.1, 0.15) is 0 Å². The van der Waals surface area contributed by atoms with Gasteiger partial charge in [-0.3, -0.25) is 4.98 Å². The standard InChI is InChI=1S/C48H30N2/c1-3-10-31(11-4-1)42-27-35-14-7-8-15-36(35)28-44(42)37-19-23-41-40-22-20-38(26-39(40)30-43(45(41)29-37)32-12-5-2-6-13-32)46-24-21-34-18-17-33-16-9-25-49-47(33)48(34)50-46/h1-30H. The van der Waals surface area contributed by atoms with Crippen molar-refractivity contribution in [1.82, 2.24) is 9.97 Å². The monoisotopic (exact) mass is 634 g/mol. The van der Waals surface area contributed by atoms with E-state index in [0.29, 0.717) is 0 Å². The molecule has 0 bridgehead atoms. The number of aromatic nitrogens is 2. The Morgan fingerprint density at radius 3 is 1.64 bits per heavy atom. The molecular weight excluding hydrogens is 605 g/mol. The molecule has 0 saturated heterocycles. The van der Waals surface area contributed by atoms with Crippen LogP contribution in [0.3, 0.4) is 0 Å². The smallest absolute Gasteiger partial charge is 0.0972 e. The first kappa shape index (κ1) is 28.4. The van der Waals surface area contributed by atoms with E-state index in [9.17, 15) is 0 Å². The third-order valence-electron chi connectivity index (χ3n) is 10.0. The fraction of sp³-hybridized carbons (Fsp3) is 0. The number of rotatable bonds is 4. The zero-order chi connectivity index (χ0) is 33.0. The summed E-state index contributed by atoms with van der Waals surface area (Å²) < 4.78 is 0. The van der Waals surface area contributed by atoms with Gasteiger partial charge in [0.15, 0.2) is 0 Å². The molecule has 2 aromatic heterocycles. The van der Waals surface area contributed by atoms with Gasteiger partial charge in [-0.25, -0.2) is 4.98 Å². The molecule has 0 radical (unpaired) electrons.